The van der Waals surface area contributed by atoms with Crippen molar-refractivity contribution in [1.29, 1.82) is 0 Å². The van der Waals surface area contributed by atoms with Gasteiger partial charge in [0.05, 0.1) is 11.1 Å². The number of H-pyrrole nitrogens is 1. The summed E-state index contributed by atoms with van der Waals surface area (Å²) in [5, 5.41) is 13.5. The summed E-state index contributed by atoms with van der Waals surface area (Å²) in [6.45, 7) is 0. The van der Waals surface area contributed by atoms with E-state index in [1.165, 1.54) is 6.33 Å². The Morgan fingerprint density at radius 2 is 1.19 bits per heavy atom. The maximum absolute atomic E-state index is 12.3. The molecule has 0 radical (unpaired) electrons. The first-order valence-electron chi connectivity index (χ1n) is 16.4. The minimum Gasteiger partial charge on any atom is -0.457 e. The third-order valence-electron chi connectivity index (χ3n) is 8.62. The second-order valence-electron chi connectivity index (χ2n) is 12.2. The van der Waals surface area contributed by atoms with Crippen molar-refractivity contribution in [2.75, 3.05) is 10.6 Å². The fourth-order valence-electron chi connectivity index (χ4n) is 6.05. The second-order valence-corrected chi connectivity index (χ2v) is 13.0. The molecule has 4 aromatic carbocycles. The van der Waals surface area contributed by atoms with Crippen molar-refractivity contribution in [3.8, 4) is 34.0 Å². The molecule has 3 aromatic heterocycles. The number of amides is 3. The van der Waals surface area contributed by atoms with E-state index in [1.807, 2.05) is 42.5 Å². The van der Waals surface area contributed by atoms with Crippen molar-refractivity contribution in [1.82, 2.24) is 15.2 Å². The Balaban J connectivity index is 0.000000154. The van der Waals surface area contributed by atoms with Gasteiger partial charge in [-0.3, -0.25) is 19.5 Å². The van der Waals surface area contributed by atoms with Crippen molar-refractivity contribution >= 4 is 75.6 Å². The number of halogens is 2. The quantitative estimate of drug-likeness (QED) is 0.123. The van der Waals surface area contributed by atoms with E-state index in [9.17, 15) is 14.4 Å². The number of hydrogen-bond donors (Lipinski definition) is 4. The zero-order valence-electron chi connectivity index (χ0n) is 27.9. The van der Waals surface area contributed by atoms with Crippen LogP contribution in [-0.2, 0) is 9.59 Å². The number of aromatic amines is 1. The lowest BCUT2D eigenvalue weighted by molar-refractivity contribution is -0.111. The van der Waals surface area contributed by atoms with Gasteiger partial charge < -0.3 is 25.2 Å². The Morgan fingerprint density at radius 1 is 0.648 bits per heavy atom. The predicted molar refractivity (Wildman–Crippen MR) is 208 cm³/mol. The number of nitrogens with two attached hydrogens (primary N) is 1. The number of carbonyl (C=O) groups is 3. The number of aromatic nitrogens is 3. The van der Waals surface area contributed by atoms with Crippen molar-refractivity contribution in [2.24, 2.45) is 5.73 Å². The smallest absolute Gasteiger partial charge is 0.256 e. The molecule has 0 spiro atoms. The van der Waals surface area contributed by atoms with Gasteiger partial charge >= 0.3 is 0 Å². The van der Waals surface area contributed by atoms with Crippen LogP contribution in [0.4, 0.5) is 11.4 Å². The van der Waals surface area contributed by atoms with Gasteiger partial charge in [-0.25, -0.2) is 4.98 Å². The molecule has 0 unspecified atom stereocenters. The van der Waals surface area contributed by atoms with Crippen molar-refractivity contribution in [2.45, 2.75) is 0 Å². The highest BCUT2D eigenvalue weighted by Gasteiger charge is 2.26. The van der Waals surface area contributed by atoms with Crippen LogP contribution in [0.5, 0.6) is 0 Å². The molecule has 5 heterocycles. The average molecular weight is 754 g/mol. The third kappa shape index (κ3) is 6.96. The van der Waals surface area contributed by atoms with Crippen molar-refractivity contribution < 1.29 is 23.2 Å². The lowest BCUT2D eigenvalue weighted by Gasteiger charge is -2.01. The van der Waals surface area contributed by atoms with Gasteiger partial charge in [0.15, 0.2) is 5.82 Å². The molecule has 0 saturated heterocycles. The maximum atomic E-state index is 12.3. The maximum Gasteiger partial charge on any atom is 0.256 e. The third-order valence-corrected chi connectivity index (χ3v) is 9.09. The highest BCUT2D eigenvalue weighted by Crippen LogP contribution is 2.37. The van der Waals surface area contributed by atoms with Gasteiger partial charge in [-0.1, -0.05) is 53.5 Å². The molecule has 11 nitrogen and oxygen atoms in total. The summed E-state index contributed by atoms with van der Waals surface area (Å²) in [6, 6.07) is 32.4. The first-order chi connectivity index (χ1) is 26.2. The number of benzene rings is 4. The van der Waals surface area contributed by atoms with E-state index >= 15 is 0 Å². The molecular weight excluding hydrogens is 727 g/mol. The van der Waals surface area contributed by atoms with Gasteiger partial charge in [0.2, 0.25) is 5.91 Å². The number of fused-ring (bicyclic) bond motifs is 2. The Labute approximate surface area is 317 Å². The standard InChI is InChI=1S/C21H13ClN4O2.C20H13ClN2O3/c22-14-4-6-18-16(9-14)17(21(27)25-18)10-15-5-7-19(28-15)12-2-1-3-13(8-12)20-23-11-24-26-20;21-13-4-6-17-15(9-13)16(20(25)23-17)10-14-5-7-18(26-14)11-2-1-3-12(8-11)19(22)24/h1-11H,(H,25,27)(H,23,24,26);1-10H,(H2,22,24)(H,23,25)/b17-10+;16-10+. The topological polar surface area (TPSA) is 169 Å². The van der Waals surface area contributed by atoms with Crippen LogP contribution in [0.25, 0.3) is 57.3 Å². The van der Waals surface area contributed by atoms with Gasteiger partial charge in [-0.2, -0.15) is 5.10 Å². The number of primary amides is 1. The summed E-state index contributed by atoms with van der Waals surface area (Å²) < 4.78 is 11.8. The van der Waals surface area contributed by atoms with Crippen LogP contribution in [-0.4, -0.2) is 32.9 Å². The summed E-state index contributed by atoms with van der Waals surface area (Å²) in [5.74, 6) is 2.16. The number of rotatable bonds is 6. The Morgan fingerprint density at radius 3 is 1.72 bits per heavy atom. The lowest BCUT2D eigenvalue weighted by Crippen LogP contribution is -2.10. The van der Waals surface area contributed by atoms with E-state index in [0.717, 1.165) is 33.5 Å². The van der Waals surface area contributed by atoms with Gasteiger partial charge in [0, 0.05) is 54.8 Å². The molecule has 0 bridgehead atoms. The van der Waals surface area contributed by atoms with Crippen LogP contribution in [0.1, 0.15) is 33.0 Å². The van der Waals surface area contributed by atoms with Gasteiger partial charge in [-0.15, -0.1) is 0 Å². The normalized spacial score (nSPS) is 14.3. The fourth-order valence-corrected chi connectivity index (χ4v) is 6.40. The molecule has 0 saturated carbocycles. The van der Waals surface area contributed by atoms with Crippen LogP contribution in [0.2, 0.25) is 10.0 Å². The number of furan rings is 2. The first kappa shape index (κ1) is 34.2. The van der Waals surface area contributed by atoms with E-state index < -0.39 is 5.91 Å². The number of anilines is 2. The van der Waals surface area contributed by atoms with Crippen LogP contribution in [0.15, 0.2) is 124 Å². The number of carbonyl (C=O) groups excluding carboxylic acids is 3. The van der Waals surface area contributed by atoms with Crippen LogP contribution >= 0.6 is 23.2 Å². The van der Waals surface area contributed by atoms with E-state index in [-0.39, 0.29) is 11.8 Å². The number of nitrogens with one attached hydrogen (secondary N) is 3. The molecule has 2 aliphatic rings. The van der Waals surface area contributed by atoms with Crippen molar-refractivity contribution in [3.05, 3.63) is 154 Å². The first-order valence-corrected chi connectivity index (χ1v) is 17.2. The van der Waals surface area contributed by atoms with Gasteiger partial charge in [0.25, 0.3) is 11.8 Å². The van der Waals surface area contributed by atoms with E-state index in [2.05, 4.69) is 25.8 Å². The molecule has 264 valence electrons. The molecule has 3 amide bonds. The summed E-state index contributed by atoms with van der Waals surface area (Å²) in [5.41, 5.74) is 12.2. The largest absolute Gasteiger partial charge is 0.457 e. The van der Waals surface area contributed by atoms with E-state index in [1.54, 1.807) is 78.9 Å². The molecule has 7 aromatic rings. The monoisotopic (exact) mass is 752 g/mol. The highest BCUT2D eigenvalue weighted by atomic mass is 35.5. The molecule has 2 aliphatic heterocycles. The number of hydrogen-bond acceptors (Lipinski definition) is 7. The molecule has 0 fully saturated rings. The number of nitrogens with zero attached hydrogens (tertiary/aromatic N) is 2. The summed E-state index contributed by atoms with van der Waals surface area (Å²) in [6.07, 6.45) is 4.86. The second kappa shape index (κ2) is 14.2. The van der Waals surface area contributed by atoms with Crippen molar-refractivity contribution in [3.63, 3.8) is 0 Å². The molecule has 54 heavy (non-hydrogen) atoms. The zero-order chi connectivity index (χ0) is 37.3. The minimum absolute atomic E-state index is 0.178. The SMILES string of the molecule is NC(=O)c1cccc(-c2ccc(/C=C3/C(=O)Nc4ccc(Cl)cc43)o2)c1.O=C1Nc2ccc(Cl)cc2/C1=C\c1ccc(-c2cccc(-c3ncn[nH]3)c2)o1. The van der Waals surface area contributed by atoms with Gasteiger partial charge in [0.1, 0.15) is 29.4 Å². The molecular formula is C41H26Cl2N6O5. The Bertz CT molecular complexity index is 2670. The lowest BCUT2D eigenvalue weighted by atomic mass is 10.1. The summed E-state index contributed by atoms with van der Waals surface area (Å²) in [4.78, 5) is 40.0. The minimum atomic E-state index is -0.503. The van der Waals surface area contributed by atoms with Crippen LogP contribution < -0.4 is 16.4 Å². The Kier molecular flexibility index (Phi) is 9.00. The van der Waals surface area contributed by atoms with E-state index in [0.29, 0.717) is 61.3 Å². The summed E-state index contributed by atoms with van der Waals surface area (Å²) >= 11 is 12.1. The molecule has 13 heteroatoms. The summed E-state index contributed by atoms with van der Waals surface area (Å²) in [7, 11) is 0. The molecule has 9 rings (SSSR count). The Hall–Kier alpha value is -6.95. The van der Waals surface area contributed by atoms with Crippen LogP contribution in [0.3, 0.4) is 0 Å². The zero-order valence-corrected chi connectivity index (χ0v) is 29.4. The highest BCUT2D eigenvalue weighted by molar-refractivity contribution is 6.37. The fraction of sp³-hybridized carbons (Fsp3) is 0. The predicted octanol–water partition coefficient (Wildman–Crippen LogP) is 9.07. The molecule has 0 aliphatic carbocycles. The average Bonchev–Trinajstić information content (AvgIpc) is 4.03. The molecule has 0 atom stereocenters. The van der Waals surface area contributed by atoms with E-state index in [4.69, 9.17) is 37.8 Å². The molecule has 5 N–H and O–H groups in total. The van der Waals surface area contributed by atoms with Gasteiger partial charge in [-0.05, 0) is 91.0 Å². The van der Waals surface area contributed by atoms with Crippen LogP contribution in [0, 0.1) is 0 Å².